The highest BCUT2D eigenvalue weighted by Crippen LogP contribution is 2.20. The van der Waals surface area contributed by atoms with Crippen LogP contribution in [-0.4, -0.2) is 34.5 Å². The van der Waals surface area contributed by atoms with Crippen molar-refractivity contribution in [1.82, 2.24) is 19.5 Å². The molecule has 0 saturated heterocycles. The van der Waals surface area contributed by atoms with Gasteiger partial charge in [-0.25, -0.2) is 23.5 Å². The first-order chi connectivity index (χ1) is 13.5. The summed E-state index contributed by atoms with van der Waals surface area (Å²) >= 11 is 0. The van der Waals surface area contributed by atoms with Crippen molar-refractivity contribution in [2.24, 2.45) is 5.14 Å². The lowest BCUT2D eigenvalue weighted by Crippen LogP contribution is -2.12. The Balaban J connectivity index is 1.55. The maximum Gasteiger partial charge on any atom is 0.238 e. The topological polar surface area (TPSA) is 116 Å². The van der Waals surface area contributed by atoms with E-state index in [-0.39, 0.29) is 4.90 Å². The summed E-state index contributed by atoms with van der Waals surface area (Å²) in [6, 6.07) is 16.5. The monoisotopic (exact) mass is 394 g/mol. The summed E-state index contributed by atoms with van der Waals surface area (Å²) in [5.41, 5.74) is 2.47. The van der Waals surface area contributed by atoms with Crippen LogP contribution in [-0.2, 0) is 16.4 Å². The van der Waals surface area contributed by atoms with Crippen LogP contribution >= 0.6 is 0 Å². The van der Waals surface area contributed by atoms with Gasteiger partial charge in [-0.1, -0.05) is 30.3 Å². The Bertz CT molecular complexity index is 1220. The van der Waals surface area contributed by atoms with Crippen molar-refractivity contribution in [1.29, 1.82) is 0 Å². The van der Waals surface area contributed by atoms with Crippen LogP contribution in [0.15, 0.2) is 72.0 Å². The fourth-order valence-electron chi connectivity index (χ4n) is 2.88. The molecular formula is C19H18N6O2S. The molecule has 0 saturated carbocycles. The molecule has 142 valence electrons. The first-order valence-corrected chi connectivity index (χ1v) is 10.2. The molecule has 9 heteroatoms. The Labute approximate surface area is 162 Å². The van der Waals surface area contributed by atoms with Gasteiger partial charge in [-0.2, -0.15) is 4.98 Å². The molecule has 0 radical (unpaired) electrons. The van der Waals surface area contributed by atoms with Crippen LogP contribution in [0.5, 0.6) is 0 Å². The zero-order chi connectivity index (χ0) is 19.6. The van der Waals surface area contributed by atoms with E-state index in [2.05, 4.69) is 32.4 Å². The van der Waals surface area contributed by atoms with E-state index in [1.54, 1.807) is 29.2 Å². The molecule has 2 aromatic heterocycles. The van der Waals surface area contributed by atoms with Gasteiger partial charge in [-0.3, -0.25) is 4.57 Å². The number of imidazole rings is 1. The fraction of sp³-hybridized carbons (Fsp3) is 0.105. The third kappa shape index (κ3) is 3.85. The highest BCUT2D eigenvalue weighted by Gasteiger charge is 2.12. The quantitative estimate of drug-likeness (QED) is 0.517. The molecule has 0 unspecified atom stereocenters. The lowest BCUT2D eigenvalue weighted by atomic mass is 10.1. The van der Waals surface area contributed by atoms with Crippen molar-refractivity contribution in [3.63, 3.8) is 0 Å². The average Bonchev–Trinajstić information content (AvgIpc) is 3.12. The predicted octanol–water partition coefficient (Wildman–Crippen LogP) is 2.12. The van der Waals surface area contributed by atoms with Crippen LogP contribution in [0.1, 0.15) is 5.56 Å². The number of benzene rings is 2. The first kappa shape index (κ1) is 18.1. The molecular weight excluding hydrogens is 376 g/mol. The molecule has 2 heterocycles. The van der Waals surface area contributed by atoms with Gasteiger partial charge in [0, 0.05) is 12.7 Å². The summed E-state index contributed by atoms with van der Waals surface area (Å²) in [6.07, 6.45) is 4.12. The van der Waals surface area contributed by atoms with Crippen LogP contribution in [0.4, 0.5) is 5.95 Å². The largest absolute Gasteiger partial charge is 0.354 e. The second kappa shape index (κ2) is 7.37. The summed E-state index contributed by atoms with van der Waals surface area (Å²) in [6.45, 7) is 0.704. The minimum absolute atomic E-state index is 0.0243. The van der Waals surface area contributed by atoms with Crippen LogP contribution in [0.3, 0.4) is 0 Å². The smallest absolute Gasteiger partial charge is 0.238 e. The molecule has 4 aromatic rings. The fourth-order valence-corrected chi connectivity index (χ4v) is 3.42. The molecule has 0 aliphatic rings. The van der Waals surface area contributed by atoms with Crippen molar-refractivity contribution in [2.45, 2.75) is 11.3 Å². The Kier molecular flexibility index (Phi) is 4.76. The van der Waals surface area contributed by atoms with E-state index in [0.717, 1.165) is 11.9 Å². The lowest BCUT2D eigenvalue weighted by Gasteiger charge is -2.08. The molecule has 0 fully saturated rings. The van der Waals surface area contributed by atoms with Gasteiger partial charge >= 0.3 is 0 Å². The Morgan fingerprint density at radius 1 is 1.04 bits per heavy atom. The van der Waals surface area contributed by atoms with E-state index in [1.165, 1.54) is 17.7 Å². The highest BCUT2D eigenvalue weighted by atomic mass is 32.2. The van der Waals surface area contributed by atoms with Gasteiger partial charge in [0.15, 0.2) is 0 Å². The third-order valence-corrected chi connectivity index (χ3v) is 5.19. The Morgan fingerprint density at radius 2 is 1.86 bits per heavy atom. The summed E-state index contributed by atoms with van der Waals surface area (Å²) in [7, 11) is -3.77. The number of nitrogens with one attached hydrogen (secondary N) is 1. The zero-order valence-electron chi connectivity index (χ0n) is 14.9. The van der Waals surface area contributed by atoms with Gasteiger partial charge in [-0.05, 0) is 36.2 Å². The lowest BCUT2D eigenvalue weighted by molar-refractivity contribution is 0.598. The van der Waals surface area contributed by atoms with Gasteiger partial charge in [0.1, 0.15) is 12.1 Å². The molecule has 0 aliphatic heterocycles. The van der Waals surface area contributed by atoms with Crippen molar-refractivity contribution in [3.8, 4) is 5.82 Å². The molecule has 8 nitrogen and oxygen atoms in total. The number of aromatic nitrogens is 4. The SMILES string of the molecule is NS(=O)(=O)c1ccc2c(c1)ncn2-c1ccnc(NCCc2ccccc2)n1. The molecule has 0 aliphatic carbocycles. The van der Waals surface area contributed by atoms with Crippen LogP contribution < -0.4 is 10.5 Å². The zero-order valence-corrected chi connectivity index (χ0v) is 15.7. The molecule has 28 heavy (non-hydrogen) atoms. The van der Waals surface area contributed by atoms with Crippen LogP contribution in [0.2, 0.25) is 0 Å². The van der Waals surface area contributed by atoms with Crippen molar-refractivity contribution < 1.29 is 8.42 Å². The number of primary sulfonamides is 1. The van der Waals surface area contributed by atoms with E-state index in [9.17, 15) is 8.42 Å². The van der Waals surface area contributed by atoms with Gasteiger partial charge in [0.2, 0.25) is 16.0 Å². The van der Waals surface area contributed by atoms with Crippen LogP contribution in [0.25, 0.3) is 16.9 Å². The van der Waals surface area contributed by atoms with Gasteiger partial charge in [0.05, 0.1) is 15.9 Å². The van der Waals surface area contributed by atoms with E-state index in [1.807, 2.05) is 18.2 Å². The second-order valence-electron chi connectivity index (χ2n) is 6.21. The standard InChI is InChI=1S/C19H18N6O2S/c20-28(26,27)15-6-7-17-16(12-15)23-13-25(17)18-9-11-22-19(24-18)21-10-8-14-4-2-1-3-5-14/h1-7,9,11-13H,8,10H2,(H2,20,26,27)(H,21,22,24). The number of fused-ring (bicyclic) bond motifs is 1. The molecule has 4 rings (SSSR count). The van der Waals surface area contributed by atoms with E-state index in [4.69, 9.17) is 5.14 Å². The summed E-state index contributed by atoms with van der Waals surface area (Å²) in [5, 5.41) is 8.40. The Morgan fingerprint density at radius 3 is 2.64 bits per heavy atom. The number of anilines is 1. The molecule has 0 atom stereocenters. The van der Waals surface area contributed by atoms with Crippen molar-refractivity contribution >= 4 is 27.0 Å². The second-order valence-corrected chi connectivity index (χ2v) is 7.77. The average molecular weight is 394 g/mol. The predicted molar refractivity (Wildman–Crippen MR) is 107 cm³/mol. The number of nitrogens with two attached hydrogens (primary N) is 1. The third-order valence-electron chi connectivity index (χ3n) is 4.27. The normalized spacial score (nSPS) is 11.6. The number of rotatable bonds is 6. The maximum atomic E-state index is 11.5. The van der Waals surface area contributed by atoms with Gasteiger partial charge in [0.25, 0.3) is 0 Å². The number of sulfonamides is 1. The van der Waals surface area contributed by atoms with Crippen molar-refractivity contribution in [3.05, 3.63) is 72.7 Å². The minimum atomic E-state index is -3.77. The highest BCUT2D eigenvalue weighted by molar-refractivity contribution is 7.89. The molecule has 2 aromatic carbocycles. The molecule has 0 bridgehead atoms. The Hall–Kier alpha value is -3.30. The molecule has 0 spiro atoms. The minimum Gasteiger partial charge on any atom is -0.354 e. The van der Waals surface area contributed by atoms with Crippen molar-refractivity contribution in [2.75, 3.05) is 11.9 Å². The maximum absolute atomic E-state index is 11.5. The summed E-state index contributed by atoms with van der Waals surface area (Å²) in [5.74, 6) is 1.14. The van der Waals surface area contributed by atoms with Gasteiger partial charge in [-0.15, -0.1) is 0 Å². The number of hydrogen-bond acceptors (Lipinski definition) is 6. The van der Waals surface area contributed by atoms with Gasteiger partial charge < -0.3 is 5.32 Å². The number of hydrogen-bond donors (Lipinski definition) is 2. The van der Waals surface area contributed by atoms with E-state index in [0.29, 0.717) is 23.8 Å². The van der Waals surface area contributed by atoms with E-state index < -0.39 is 10.0 Å². The first-order valence-electron chi connectivity index (χ1n) is 8.62. The van der Waals surface area contributed by atoms with E-state index >= 15 is 0 Å². The molecule has 0 amide bonds. The summed E-state index contributed by atoms with van der Waals surface area (Å²) in [4.78, 5) is 13.1. The summed E-state index contributed by atoms with van der Waals surface area (Å²) < 4.78 is 24.8. The molecule has 3 N–H and O–H groups in total. The van der Waals surface area contributed by atoms with Crippen LogP contribution in [0, 0.1) is 0 Å². The number of nitrogens with zero attached hydrogens (tertiary/aromatic N) is 4.